The first kappa shape index (κ1) is 22.1. The Labute approximate surface area is 179 Å². The summed E-state index contributed by atoms with van der Waals surface area (Å²) in [6, 6.07) is 0. The molecule has 170 valence electrons. The molecule has 0 heterocycles. The number of esters is 2. The SMILES string of the molecule is CC(=O)OC[C@@]1(C)[C@H]2CCC34CC(CCC3[C@]2(C)CC[C@H]1OC(C)=O)C(O)(CO)C4. The molecule has 0 aromatic heterocycles. The molecule has 2 N–H and O–H groups in total. The molecule has 4 unspecified atom stereocenters. The van der Waals surface area contributed by atoms with E-state index < -0.39 is 11.0 Å². The fraction of sp³-hybridized carbons (Fsp3) is 0.917. The van der Waals surface area contributed by atoms with Crippen LogP contribution in [0.4, 0.5) is 0 Å². The molecule has 8 atom stereocenters. The second-order valence-corrected chi connectivity index (χ2v) is 11.4. The van der Waals surface area contributed by atoms with Gasteiger partial charge in [0.1, 0.15) is 12.7 Å². The van der Waals surface area contributed by atoms with E-state index in [0.29, 0.717) is 12.3 Å². The molecule has 4 rings (SSSR count). The van der Waals surface area contributed by atoms with Gasteiger partial charge in [0.2, 0.25) is 0 Å². The molecular weight excluding hydrogens is 384 g/mol. The minimum absolute atomic E-state index is 0.0372. The minimum Gasteiger partial charge on any atom is -0.465 e. The van der Waals surface area contributed by atoms with E-state index in [2.05, 4.69) is 13.8 Å². The number of ether oxygens (including phenoxy) is 2. The molecule has 30 heavy (non-hydrogen) atoms. The first-order chi connectivity index (χ1) is 14.0. The van der Waals surface area contributed by atoms with Crippen molar-refractivity contribution in [3.05, 3.63) is 0 Å². The number of carbonyl (C=O) groups excluding carboxylic acids is 2. The van der Waals surface area contributed by atoms with Gasteiger partial charge in [0, 0.05) is 19.3 Å². The molecule has 4 aliphatic rings. The van der Waals surface area contributed by atoms with Crippen LogP contribution in [0.3, 0.4) is 0 Å². The summed E-state index contributed by atoms with van der Waals surface area (Å²) in [5.41, 5.74) is -1.24. The smallest absolute Gasteiger partial charge is 0.302 e. The van der Waals surface area contributed by atoms with Crippen LogP contribution in [-0.2, 0) is 19.1 Å². The average Bonchev–Trinajstić information content (AvgIpc) is 2.88. The zero-order chi connectivity index (χ0) is 21.9. The fourth-order valence-corrected chi connectivity index (χ4v) is 8.67. The van der Waals surface area contributed by atoms with E-state index in [4.69, 9.17) is 9.47 Å². The van der Waals surface area contributed by atoms with Crippen LogP contribution in [0.5, 0.6) is 0 Å². The highest BCUT2D eigenvalue weighted by Crippen LogP contribution is 2.73. The summed E-state index contributed by atoms with van der Waals surface area (Å²) in [7, 11) is 0. The predicted molar refractivity (Wildman–Crippen MR) is 110 cm³/mol. The second-order valence-electron chi connectivity index (χ2n) is 11.4. The predicted octanol–water partition coefficient (Wildman–Crippen LogP) is 3.23. The first-order valence-corrected chi connectivity index (χ1v) is 11.6. The van der Waals surface area contributed by atoms with Crippen molar-refractivity contribution in [2.24, 2.45) is 34.0 Å². The molecule has 6 heteroatoms. The lowest BCUT2D eigenvalue weighted by Crippen LogP contribution is -2.62. The number of rotatable bonds is 4. The fourth-order valence-electron chi connectivity index (χ4n) is 8.67. The highest BCUT2D eigenvalue weighted by molar-refractivity contribution is 5.66. The zero-order valence-electron chi connectivity index (χ0n) is 18.9. The van der Waals surface area contributed by atoms with Crippen LogP contribution in [-0.4, -0.2) is 47.1 Å². The molecule has 4 saturated carbocycles. The number of hydrogen-bond acceptors (Lipinski definition) is 6. The molecule has 0 aromatic rings. The van der Waals surface area contributed by atoms with Crippen molar-refractivity contribution in [2.45, 2.75) is 90.8 Å². The molecule has 4 aliphatic carbocycles. The van der Waals surface area contributed by atoms with Gasteiger partial charge in [-0.3, -0.25) is 9.59 Å². The Morgan fingerprint density at radius 1 is 1.00 bits per heavy atom. The van der Waals surface area contributed by atoms with Gasteiger partial charge in [-0.25, -0.2) is 0 Å². The van der Waals surface area contributed by atoms with Crippen LogP contribution in [0, 0.1) is 34.0 Å². The van der Waals surface area contributed by atoms with Crippen LogP contribution in [0.25, 0.3) is 0 Å². The number of hydrogen-bond donors (Lipinski definition) is 2. The Balaban J connectivity index is 1.68. The molecule has 2 bridgehead atoms. The average molecular weight is 423 g/mol. The largest absolute Gasteiger partial charge is 0.465 e. The normalized spacial score (nSPS) is 49.7. The lowest BCUT2D eigenvalue weighted by atomic mass is 9.40. The minimum atomic E-state index is -0.937. The van der Waals surface area contributed by atoms with Crippen LogP contribution in [0.1, 0.15) is 79.1 Å². The summed E-state index contributed by atoms with van der Waals surface area (Å²) >= 11 is 0. The molecule has 6 nitrogen and oxygen atoms in total. The molecule has 4 fully saturated rings. The third kappa shape index (κ3) is 3.12. The lowest BCUT2D eigenvalue weighted by molar-refractivity contribution is -0.214. The van der Waals surface area contributed by atoms with Crippen molar-refractivity contribution in [1.29, 1.82) is 0 Å². The third-order valence-electron chi connectivity index (χ3n) is 9.78. The van der Waals surface area contributed by atoms with E-state index in [0.717, 1.165) is 44.9 Å². The topological polar surface area (TPSA) is 93.1 Å². The van der Waals surface area contributed by atoms with E-state index in [1.54, 1.807) is 0 Å². The van der Waals surface area contributed by atoms with E-state index >= 15 is 0 Å². The highest BCUT2D eigenvalue weighted by Gasteiger charge is 2.69. The summed E-state index contributed by atoms with van der Waals surface area (Å²) in [4.78, 5) is 23.5. The van der Waals surface area contributed by atoms with E-state index in [1.807, 2.05) is 0 Å². The molecule has 0 aliphatic heterocycles. The van der Waals surface area contributed by atoms with Crippen molar-refractivity contribution in [3.8, 4) is 0 Å². The summed E-state index contributed by atoms with van der Waals surface area (Å²) in [5, 5.41) is 21.0. The second kappa shape index (κ2) is 7.19. The molecule has 0 saturated heterocycles. The van der Waals surface area contributed by atoms with Gasteiger partial charge in [-0.05, 0) is 80.0 Å². The zero-order valence-corrected chi connectivity index (χ0v) is 18.9. The third-order valence-corrected chi connectivity index (χ3v) is 9.78. The Kier molecular flexibility index (Phi) is 5.29. The van der Waals surface area contributed by atoms with Gasteiger partial charge >= 0.3 is 11.9 Å². The van der Waals surface area contributed by atoms with Gasteiger partial charge in [0.15, 0.2) is 0 Å². The Morgan fingerprint density at radius 3 is 2.37 bits per heavy atom. The van der Waals surface area contributed by atoms with Crippen LogP contribution >= 0.6 is 0 Å². The number of fused-ring (bicyclic) bond motifs is 3. The summed E-state index contributed by atoms with van der Waals surface area (Å²) in [6.07, 6.45) is 7.20. The molecule has 0 radical (unpaired) electrons. The van der Waals surface area contributed by atoms with E-state index in [1.165, 1.54) is 13.8 Å². The number of carbonyl (C=O) groups is 2. The van der Waals surface area contributed by atoms with Gasteiger partial charge in [-0.15, -0.1) is 0 Å². The summed E-state index contributed by atoms with van der Waals surface area (Å²) in [6.45, 7) is 7.52. The van der Waals surface area contributed by atoms with Crippen molar-refractivity contribution >= 4 is 11.9 Å². The van der Waals surface area contributed by atoms with Crippen molar-refractivity contribution in [1.82, 2.24) is 0 Å². The van der Waals surface area contributed by atoms with Crippen LogP contribution < -0.4 is 0 Å². The molecule has 1 spiro atoms. The first-order valence-electron chi connectivity index (χ1n) is 11.6. The highest BCUT2D eigenvalue weighted by atomic mass is 16.6. The quantitative estimate of drug-likeness (QED) is 0.676. The molecule has 0 amide bonds. The maximum absolute atomic E-state index is 11.8. The van der Waals surface area contributed by atoms with Crippen molar-refractivity contribution < 1.29 is 29.3 Å². The van der Waals surface area contributed by atoms with Gasteiger partial charge in [0.25, 0.3) is 0 Å². The van der Waals surface area contributed by atoms with Crippen LogP contribution in [0.2, 0.25) is 0 Å². The number of aliphatic hydroxyl groups excluding tert-OH is 1. The van der Waals surface area contributed by atoms with Crippen molar-refractivity contribution in [3.63, 3.8) is 0 Å². The number of aliphatic hydroxyl groups is 2. The van der Waals surface area contributed by atoms with Gasteiger partial charge in [-0.1, -0.05) is 13.8 Å². The Bertz CT molecular complexity index is 722. The standard InChI is InChI=1S/C24H38O6/c1-15(26)29-14-22(4)18-7-10-23-11-17(24(28,12-23)13-25)5-6-19(23)21(18,3)9-8-20(22)30-16(2)27/h17-20,25,28H,5-14H2,1-4H3/t17?,18-,19?,20+,21+,22-,23?,24?/m0/s1. The Hall–Kier alpha value is -1.14. The molecular formula is C24H38O6. The molecule has 0 aromatic carbocycles. The maximum Gasteiger partial charge on any atom is 0.302 e. The lowest BCUT2D eigenvalue weighted by Gasteiger charge is -2.65. The summed E-state index contributed by atoms with van der Waals surface area (Å²) < 4.78 is 11.3. The van der Waals surface area contributed by atoms with Gasteiger partial charge in [0.05, 0.1) is 12.2 Å². The monoisotopic (exact) mass is 422 g/mol. The maximum atomic E-state index is 11.8. The summed E-state index contributed by atoms with van der Waals surface area (Å²) in [5.74, 6) is 0.354. The van der Waals surface area contributed by atoms with Gasteiger partial charge in [-0.2, -0.15) is 0 Å². The van der Waals surface area contributed by atoms with E-state index in [-0.39, 0.29) is 53.9 Å². The Morgan fingerprint density at radius 2 is 1.73 bits per heavy atom. The van der Waals surface area contributed by atoms with Crippen molar-refractivity contribution in [2.75, 3.05) is 13.2 Å². The van der Waals surface area contributed by atoms with Gasteiger partial charge < -0.3 is 19.7 Å². The van der Waals surface area contributed by atoms with E-state index in [9.17, 15) is 19.8 Å². The van der Waals surface area contributed by atoms with Crippen LogP contribution in [0.15, 0.2) is 0 Å².